The van der Waals surface area contributed by atoms with Gasteiger partial charge in [-0.05, 0) is 12.1 Å². The Bertz CT molecular complexity index is 557. The van der Waals surface area contributed by atoms with Crippen LogP contribution in [-0.4, -0.2) is 17.1 Å². The van der Waals surface area contributed by atoms with Crippen molar-refractivity contribution in [2.24, 2.45) is 0 Å². The molecular formula is C11H8Cl3N3O. The lowest BCUT2D eigenvalue weighted by Gasteiger charge is -2.12. The SMILES string of the molecule is COc1c(Cl)ncnc1Nc1c(Cl)cccc1Cl. The van der Waals surface area contributed by atoms with Gasteiger partial charge in [0.1, 0.15) is 6.33 Å². The predicted octanol–water partition coefficient (Wildman–Crippen LogP) is 4.19. The second-order valence-electron chi connectivity index (χ2n) is 3.27. The van der Waals surface area contributed by atoms with E-state index in [9.17, 15) is 0 Å². The van der Waals surface area contributed by atoms with E-state index < -0.39 is 0 Å². The van der Waals surface area contributed by atoms with E-state index in [-0.39, 0.29) is 5.15 Å². The number of halogens is 3. The Hall–Kier alpha value is -1.23. The van der Waals surface area contributed by atoms with Crippen molar-refractivity contribution in [2.75, 3.05) is 12.4 Å². The molecule has 2 rings (SSSR count). The zero-order valence-corrected chi connectivity index (χ0v) is 11.5. The van der Waals surface area contributed by atoms with Gasteiger partial charge in [-0.15, -0.1) is 0 Å². The van der Waals surface area contributed by atoms with Gasteiger partial charge >= 0.3 is 0 Å². The molecule has 0 spiro atoms. The molecule has 0 bridgehead atoms. The van der Waals surface area contributed by atoms with Crippen LogP contribution in [0.25, 0.3) is 0 Å². The highest BCUT2D eigenvalue weighted by Gasteiger charge is 2.13. The van der Waals surface area contributed by atoms with Gasteiger partial charge in [0.15, 0.2) is 16.7 Å². The summed E-state index contributed by atoms with van der Waals surface area (Å²) in [6.07, 6.45) is 1.32. The second-order valence-corrected chi connectivity index (χ2v) is 4.44. The lowest BCUT2D eigenvalue weighted by atomic mass is 10.3. The highest BCUT2D eigenvalue weighted by Crippen LogP contribution is 2.36. The number of nitrogens with zero attached hydrogens (tertiary/aromatic N) is 2. The molecule has 0 atom stereocenters. The fourth-order valence-corrected chi connectivity index (χ4v) is 2.06. The Balaban J connectivity index is 2.43. The molecule has 0 fully saturated rings. The minimum Gasteiger partial charge on any atom is -0.490 e. The van der Waals surface area contributed by atoms with Crippen molar-refractivity contribution >= 4 is 46.3 Å². The number of ether oxygens (including phenoxy) is 1. The van der Waals surface area contributed by atoms with Crippen LogP contribution in [-0.2, 0) is 0 Å². The molecule has 0 amide bonds. The number of aromatic nitrogens is 2. The number of para-hydroxylation sites is 1. The van der Waals surface area contributed by atoms with Crippen LogP contribution in [0.4, 0.5) is 11.5 Å². The standard InChI is InChI=1S/C11H8Cl3N3O/c1-18-9-10(14)15-5-16-11(9)17-8-6(12)3-2-4-7(8)13/h2-5H,1H3,(H,15,16,17). The van der Waals surface area contributed by atoms with Crippen molar-refractivity contribution in [3.05, 3.63) is 39.7 Å². The normalized spacial score (nSPS) is 10.2. The van der Waals surface area contributed by atoms with E-state index in [1.165, 1.54) is 13.4 Å². The Kier molecular flexibility index (Phi) is 4.11. The monoisotopic (exact) mass is 303 g/mol. The van der Waals surface area contributed by atoms with E-state index in [1.807, 2.05) is 0 Å². The third kappa shape index (κ3) is 2.61. The van der Waals surface area contributed by atoms with Gasteiger partial charge in [-0.1, -0.05) is 40.9 Å². The van der Waals surface area contributed by atoms with Gasteiger partial charge in [-0.25, -0.2) is 9.97 Å². The van der Waals surface area contributed by atoms with Gasteiger partial charge in [-0.3, -0.25) is 0 Å². The minimum absolute atomic E-state index is 0.207. The van der Waals surface area contributed by atoms with Gasteiger partial charge in [0.25, 0.3) is 0 Å². The van der Waals surface area contributed by atoms with Crippen LogP contribution in [0.5, 0.6) is 5.75 Å². The van der Waals surface area contributed by atoms with Gasteiger partial charge in [0, 0.05) is 0 Å². The Morgan fingerprint density at radius 1 is 1.11 bits per heavy atom. The highest BCUT2D eigenvalue weighted by molar-refractivity contribution is 6.39. The number of methoxy groups -OCH3 is 1. The average Bonchev–Trinajstić information content (AvgIpc) is 2.34. The lowest BCUT2D eigenvalue weighted by Crippen LogP contribution is -2.00. The van der Waals surface area contributed by atoms with Gasteiger partial charge in [-0.2, -0.15) is 0 Å². The summed E-state index contributed by atoms with van der Waals surface area (Å²) in [6.45, 7) is 0. The van der Waals surface area contributed by atoms with E-state index in [0.717, 1.165) is 0 Å². The zero-order chi connectivity index (χ0) is 13.1. The predicted molar refractivity (Wildman–Crippen MR) is 73.3 cm³/mol. The van der Waals surface area contributed by atoms with Crippen LogP contribution in [0.15, 0.2) is 24.5 Å². The molecule has 0 saturated heterocycles. The Morgan fingerprint density at radius 2 is 1.78 bits per heavy atom. The van der Waals surface area contributed by atoms with Crippen LogP contribution in [0.2, 0.25) is 15.2 Å². The van der Waals surface area contributed by atoms with E-state index in [4.69, 9.17) is 39.5 Å². The first-order valence-corrected chi connectivity index (χ1v) is 6.02. The molecule has 4 nitrogen and oxygen atoms in total. The van der Waals surface area contributed by atoms with Crippen molar-refractivity contribution in [2.45, 2.75) is 0 Å². The average molecular weight is 305 g/mol. The summed E-state index contributed by atoms with van der Waals surface area (Å²) in [5.41, 5.74) is 0.536. The molecule has 1 aromatic carbocycles. The molecule has 18 heavy (non-hydrogen) atoms. The number of anilines is 2. The Morgan fingerprint density at radius 3 is 2.39 bits per heavy atom. The maximum Gasteiger partial charge on any atom is 0.199 e. The minimum atomic E-state index is 0.207. The molecule has 0 saturated carbocycles. The third-order valence-electron chi connectivity index (χ3n) is 2.17. The molecule has 0 unspecified atom stereocenters. The molecule has 2 aromatic rings. The summed E-state index contributed by atoms with van der Waals surface area (Å²) >= 11 is 18.0. The maximum atomic E-state index is 6.05. The summed E-state index contributed by atoms with van der Waals surface area (Å²) in [7, 11) is 1.48. The number of hydrogen-bond acceptors (Lipinski definition) is 4. The van der Waals surface area contributed by atoms with Crippen LogP contribution < -0.4 is 10.1 Å². The fraction of sp³-hybridized carbons (Fsp3) is 0.0909. The summed E-state index contributed by atoms with van der Waals surface area (Å²) in [4.78, 5) is 7.86. The number of rotatable bonds is 3. The quantitative estimate of drug-likeness (QED) is 0.864. The molecule has 0 aliphatic carbocycles. The van der Waals surface area contributed by atoms with Gasteiger partial charge in [0.05, 0.1) is 22.8 Å². The summed E-state index contributed by atoms with van der Waals surface area (Å²) < 4.78 is 5.12. The lowest BCUT2D eigenvalue weighted by molar-refractivity contribution is 0.413. The van der Waals surface area contributed by atoms with E-state index in [1.54, 1.807) is 18.2 Å². The van der Waals surface area contributed by atoms with E-state index >= 15 is 0 Å². The van der Waals surface area contributed by atoms with Crippen molar-refractivity contribution in [3.8, 4) is 5.75 Å². The molecule has 1 heterocycles. The summed E-state index contributed by atoms with van der Waals surface area (Å²) in [5, 5.41) is 4.13. The highest BCUT2D eigenvalue weighted by atomic mass is 35.5. The van der Waals surface area contributed by atoms with E-state index in [2.05, 4.69) is 15.3 Å². The topological polar surface area (TPSA) is 47.0 Å². The van der Waals surface area contributed by atoms with Gasteiger partial charge < -0.3 is 10.1 Å². The maximum absolute atomic E-state index is 6.05. The Labute approximate surface area is 119 Å². The van der Waals surface area contributed by atoms with Gasteiger partial charge in [0.2, 0.25) is 0 Å². The first kappa shape index (κ1) is 13.2. The summed E-state index contributed by atoms with van der Waals surface area (Å²) in [5.74, 6) is 0.725. The van der Waals surface area contributed by atoms with E-state index in [0.29, 0.717) is 27.3 Å². The van der Waals surface area contributed by atoms with Crippen LogP contribution in [0, 0.1) is 0 Å². The molecular weight excluding hydrogens is 296 g/mol. The fourth-order valence-electron chi connectivity index (χ4n) is 1.36. The largest absolute Gasteiger partial charge is 0.490 e. The number of benzene rings is 1. The van der Waals surface area contributed by atoms with Crippen LogP contribution in [0.1, 0.15) is 0 Å². The second kappa shape index (κ2) is 5.61. The molecule has 0 radical (unpaired) electrons. The molecule has 0 aliphatic heterocycles. The van der Waals surface area contributed by atoms with Crippen molar-refractivity contribution in [3.63, 3.8) is 0 Å². The van der Waals surface area contributed by atoms with Crippen LogP contribution >= 0.6 is 34.8 Å². The number of nitrogens with one attached hydrogen (secondary N) is 1. The first-order valence-electron chi connectivity index (χ1n) is 4.89. The third-order valence-corrected chi connectivity index (χ3v) is 3.07. The van der Waals surface area contributed by atoms with Crippen LogP contribution in [0.3, 0.4) is 0 Å². The zero-order valence-electron chi connectivity index (χ0n) is 9.25. The smallest absolute Gasteiger partial charge is 0.199 e. The molecule has 1 aromatic heterocycles. The first-order chi connectivity index (χ1) is 8.63. The molecule has 1 N–H and O–H groups in total. The molecule has 7 heteroatoms. The number of hydrogen-bond donors (Lipinski definition) is 1. The molecule has 0 aliphatic rings. The van der Waals surface area contributed by atoms with Crippen molar-refractivity contribution in [1.29, 1.82) is 0 Å². The molecule has 94 valence electrons. The van der Waals surface area contributed by atoms with Crippen molar-refractivity contribution in [1.82, 2.24) is 9.97 Å². The van der Waals surface area contributed by atoms with Crippen molar-refractivity contribution < 1.29 is 4.74 Å². The summed E-state index contributed by atoms with van der Waals surface area (Å²) in [6, 6.07) is 5.18.